The topological polar surface area (TPSA) is 68.1 Å². The van der Waals surface area contributed by atoms with Crippen molar-refractivity contribution in [3.63, 3.8) is 0 Å². The van der Waals surface area contributed by atoms with Crippen LogP contribution >= 0.6 is 11.6 Å². The Hall–Kier alpha value is -2.64. The maximum absolute atomic E-state index is 6.17. The summed E-state index contributed by atoms with van der Waals surface area (Å²) in [6.45, 7) is 3.24. The number of rotatable bonds is 4. The van der Waals surface area contributed by atoms with E-state index in [1.165, 1.54) is 6.33 Å². The maximum atomic E-state index is 6.17. The second kappa shape index (κ2) is 7.08. The third-order valence-electron chi connectivity index (χ3n) is 4.03. The normalized spacial score (nSPS) is 14.5. The molecule has 1 saturated heterocycles. The molecule has 0 radical (unpaired) electrons. The number of benzene rings is 1. The van der Waals surface area contributed by atoms with Crippen LogP contribution in [0.4, 0.5) is 17.2 Å². The van der Waals surface area contributed by atoms with E-state index in [1.807, 2.05) is 23.0 Å². The average molecular weight is 357 g/mol. The summed E-state index contributed by atoms with van der Waals surface area (Å²) in [4.78, 5) is 10.4. The molecule has 0 bridgehead atoms. The minimum absolute atomic E-state index is 0.464. The molecule has 3 aromatic rings. The number of halogens is 1. The van der Waals surface area contributed by atoms with Gasteiger partial charge in [0.15, 0.2) is 5.82 Å². The van der Waals surface area contributed by atoms with Gasteiger partial charge in [-0.1, -0.05) is 11.6 Å². The third kappa shape index (κ3) is 3.42. The number of hydrogen-bond donors (Lipinski definition) is 1. The Morgan fingerprint density at radius 3 is 2.84 bits per heavy atom. The highest BCUT2D eigenvalue weighted by atomic mass is 35.5. The molecule has 0 amide bonds. The fraction of sp³-hybridized carbons (Fsp3) is 0.235. The van der Waals surface area contributed by atoms with Crippen LogP contribution in [0.5, 0.6) is 0 Å². The zero-order valence-electron chi connectivity index (χ0n) is 13.5. The van der Waals surface area contributed by atoms with Gasteiger partial charge in [-0.15, -0.1) is 0 Å². The summed E-state index contributed by atoms with van der Waals surface area (Å²) < 4.78 is 7.26. The van der Waals surface area contributed by atoms with E-state index in [9.17, 15) is 0 Å². The second-order valence-electron chi connectivity index (χ2n) is 5.60. The lowest BCUT2D eigenvalue weighted by Gasteiger charge is -2.29. The van der Waals surface area contributed by atoms with Crippen molar-refractivity contribution >= 4 is 28.8 Å². The van der Waals surface area contributed by atoms with Crippen LogP contribution in [0.15, 0.2) is 49.2 Å². The van der Waals surface area contributed by atoms with Gasteiger partial charge in [-0.25, -0.2) is 14.6 Å². The van der Waals surface area contributed by atoms with Crippen molar-refractivity contribution in [3.8, 4) is 5.69 Å². The van der Waals surface area contributed by atoms with Gasteiger partial charge >= 0.3 is 0 Å². The molecule has 1 aliphatic rings. The van der Waals surface area contributed by atoms with Gasteiger partial charge in [0.2, 0.25) is 0 Å². The molecule has 3 heterocycles. The zero-order chi connectivity index (χ0) is 17.1. The molecule has 1 fully saturated rings. The van der Waals surface area contributed by atoms with E-state index in [2.05, 4.69) is 37.4 Å². The van der Waals surface area contributed by atoms with Gasteiger partial charge < -0.3 is 15.0 Å². The van der Waals surface area contributed by atoms with Crippen molar-refractivity contribution in [2.45, 2.75) is 0 Å². The van der Waals surface area contributed by atoms with Gasteiger partial charge in [-0.2, -0.15) is 5.10 Å². The summed E-state index contributed by atoms with van der Waals surface area (Å²) in [5.41, 5.74) is 2.91. The Balaban J connectivity index is 1.72. The van der Waals surface area contributed by atoms with E-state index in [0.717, 1.165) is 43.4 Å². The minimum Gasteiger partial charge on any atom is -0.378 e. The lowest BCUT2D eigenvalue weighted by Crippen LogP contribution is -2.36. The Labute approximate surface area is 150 Å². The van der Waals surface area contributed by atoms with Crippen LogP contribution in [0.25, 0.3) is 5.69 Å². The first kappa shape index (κ1) is 15.9. The van der Waals surface area contributed by atoms with Crippen molar-refractivity contribution in [1.82, 2.24) is 19.7 Å². The Bertz CT molecular complexity index is 848. The van der Waals surface area contributed by atoms with Crippen LogP contribution in [0, 0.1) is 0 Å². The highest BCUT2D eigenvalue weighted by Gasteiger charge is 2.15. The molecule has 128 valence electrons. The minimum atomic E-state index is 0.464. The molecular weight excluding hydrogens is 340 g/mol. The number of hydrogen-bond acceptors (Lipinski definition) is 6. The van der Waals surface area contributed by atoms with E-state index in [-0.39, 0.29) is 0 Å². The summed E-state index contributed by atoms with van der Waals surface area (Å²) in [6.07, 6.45) is 6.69. The zero-order valence-corrected chi connectivity index (χ0v) is 14.2. The predicted molar refractivity (Wildman–Crippen MR) is 96.9 cm³/mol. The molecule has 8 heteroatoms. The molecule has 1 N–H and O–H groups in total. The maximum Gasteiger partial charge on any atom is 0.152 e. The predicted octanol–water partition coefficient (Wildman–Crippen LogP) is 2.90. The van der Waals surface area contributed by atoms with Gasteiger partial charge in [0, 0.05) is 31.2 Å². The summed E-state index contributed by atoms with van der Waals surface area (Å²) >= 11 is 6.17. The molecule has 1 aromatic carbocycles. The molecule has 7 nitrogen and oxygen atoms in total. The van der Waals surface area contributed by atoms with E-state index in [4.69, 9.17) is 16.3 Å². The molecule has 4 rings (SSSR count). The number of morpholine rings is 1. The van der Waals surface area contributed by atoms with Crippen LogP contribution in [-0.2, 0) is 4.74 Å². The first-order valence-corrected chi connectivity index (χ1v) is 8.38. The number of anilines is 3. The fourth-order valence-electron chi connectivity index (χ4n) is 2.78. The largest absolute Gasteiger partial charge is 0.378 e. The van der Waals surface area contributed by atoms with Crippen LogP contribution in [0.3, 0.4) is 0 Å². The molecule has 0 saturated carbocycles. The summed E-state index contributed by atoms with van der Waals surface area (Å²) in [7, 11) is 0. The summed E-state index contributed by atoms with van der Waals surface area (Å²) in [6, 6.07) is 8.09. The number of ether oxygens (including phenoxy) is 1. The van der Waals surface area contributed by atoms with Crippen molar-refractivity contribution in [3.05, 3.63) is 54.2 Å². The SMILES string of the molecule is Clc1cncnc1Nc1ccc(N2CCOCC2)cc1-n1cccn1. The highest BCUT2D eigenvalue weighted by Crippen LogP contribution is 2.30. The monoisotopic (exact) mass is 356 g/mol. The van der Waals surface area contributed by atoms with Crippen molar-refractivity contribution in [2.24, 2.45) is 0 Å². The summed E-state index contributed by atoms with van der Waals surface area (Å²) in [5, 5.41) is 8.10. The number of nitrogens with one attached hydrogen (secondary N) is 1. The molecule has 0 spiro atoms. The second-order valence-corrected chi connectivity index (χ2v) is 6.00. The molecule has 0 unspecified atom stereocenters. The van der Waals surface area contributed by atoms with Crippen LogP contribution < -0.4 is 10.2 Å². The standard InChI is InChI=1S/C17H17ClN6O/c18-14-11-19-12-20-17(14)22-15-3-2-13(23-6-8-25-9-7-23)10-16(15)24-5-1-4-21-24/h1-5,10-12H,6-9H2,(H,19,20,22). The van der Waals surface area contributed by atoms with Crippen molar-refractivity contribution in [2.75, 3.05) is 36.5 Å². The molecular formula is C17H17ClN6O. The van der Waals surface area contributed by atoms with Gasteiger partial charge in [0.1, 0.15) is 11.3 Å². The summed E-state index contributed by atoms with van der Waals surface area (Å²) in [5.74, 6) is 0.559. The molecule has 0 atom stereocenters. The lowest BCUT2D eigenvalue weighted by molar-refractivity contribution is 0.122. The Morgan fingerprint density at radius 2 is 2.08 bits per heavy atom. The van der Waals surface area contributed by atoms with E-state index < -0.39 is 0 Å². The Morgan fingerprint density at radius 1 is 1.20 bits per heavy atom. The van der Waals surface area contributed by atoms with E-state index >= 15 is 0 Å². The number of aromatic nitrogens is 4. The molecule has 2 aromatic heterocycles. The average Bonchev–Trinajstić information content (AvgIpc) is 3.19. The van der Waals surface area contributed by atoms with Crippen LogP contribution in [0.2, 0.25) is 5.02 Å². The van der Waals surface area contributed by atoms with Crippen molar-refractivity contribution < 1.29 is 4.74 Å². The van der Waals surface area contributed by atoms with Gasteiger partial charge in [0.05, 0.1) is 30.8 Å². The first-order valence-electron chi connectivity index (χ1n) is 8.00. The van der Waals surface area contributed by atoms with Gasteiger partial charge in [-0.3, -0.25) is 0 Å². The highest BCUT2D eigenvalue weighted by molar-refractivity contribution is 6.32. The quantitative estimate of drug-likeness (QED) is 0.775. The van der Waals surface area contributed by atoms with Crippen molar-refractivity contribution in [1.29, 1.82) is 0 Å². The molecule has 1 aliphatic heterocycles. The Kier molecular flexibility index (Phi) is 4.49. The molecule has 25 heavy (non-hydrogen) atoms. The van der Waals surface area contributed by atoms with Gasteiger partial charge in [-0.05, 0) is 24.3 Å². The van der Waals surface area contributed by atoms with Crippen LogP contribution in [-0.4, -0.2) is 46.1 Å². The third-order valence-corrected chi connectivity index (χ3v) is 4.31. The smallest absolute Gasteiger partial charge is 0.152 e. The first-order chi connectivity index (χ1) is 12.3. The van der Waals surface area contributed by atoms with E-state index in [0.29, 0.717) is 10.8 Å². The number of nitrogens with zero attached hydrogens (tertiary/aromatic N) is 5. The molecule has 0 aliphatic carbocycles. The fourth-order valence-corrected chi connectivity index (χ4v) is 2.93. The van der Waals surface area contributed by atoms with Gasteiger partial charge in [0.25, 0.3) is 0 Å². The van der Waals surface area contributed by atoms with E-state index in [1.54, 1.807) is 12.4 Å². The van der Waals surface area contributed by atoms with Crippen LogP contribution in [0.1, 0.15) is 0 Å². The lowest BCUT2D eigenvalue weighted by atomic mass is 10.2.